The fourth-order valence-electron chi connectivity index (χ4n) is 2.38. The summed E-state index contributed by atoms with van der Waals surface area (Å²) in [6.45, 7) is 6.62. The Kier molecular flexibility index (Phi) is 6.71. The van der Waals surface area contributed by atoms with Gasteiger partial charge < -0.3 is 0 Å². The number of halogens is 3. The molecule has 0 aliphatic heterocycles. The van der Waals surface area contributed by atoms with Crippen LogP contribution in [0.5, 0.6) is 0 Å². The van der Waals surface area contributed by atoms with Gasteiger partial charge in [-0.3, -0.25) is 0 Å². The van der Waals surface area contributed by atoms with E-state index >= 15 is 0 Å². The van der Waals surface area contributed by atoms with Crippen molar-refractivity contribution in [3.05, 3.63) is 34.3 Å². The molecule has 0 unspecified atom stereocenters. The third-order valence-corrected chi connectivity index (χ3v) is 5.91. The van der Waals surface area contributed by atoms with E-state index in [1.54, 1.807) is 0 Å². The lowest BCUT2D eigenvalue weighted by Gasteiger charge is -2.32. The highest BCUT2D eigenvalue weighted by Gasteiger charge is 2.29. The molecule has 1 rings (SSSR count). The number of hydrogen-bond acceptors (Lipinski definition) is 0. The van der Waals surface area contributed by atoms with Gasteiger partial charge in [-0.1, -0.05) is 69.4 Å². The van der Waals surface area contributed by atoms with Crippen LogP contribution in [0.3, 0.4) is 0 Å². The Balaban J connectivity index is 2.95. The molecule has 0 atom stereocenters. The number of aryl methyl sites for hydroxylation is 1. The average molecular weight is 397 g/mol. The molecule has 18 heavy (non-hydrogen) atoms. The van der Waals surface area contributed by atoms with Gasteiger partial charge in [-0.05, 0) is 48.3 Å². The van der Waals surface area contributed by atoms with Gasteiger partial charge in [-0.2, -0.15) is 0 Å². The number of rotatable bonds is 6. The summed E-state index contributed by atoms with van der Waals surface area (Å²) < 4.78 is 0. The fraction of sp³-hybridized carbons (Fsp3) is 0.600. The molecule has 1 aromatic carbocycles. The highest BCUT2D eigenvalue weighted by Crippen LogP contribution is 2.36. The molecule has 3 heteroatoms. The normalized spacial score (nSPS) is 12.2. The smallest absolute Gasteiger partial charge is 0.0440 e. The summed E-state index contributed by atoms with van der Waals surface area (Å²) in [5, 5.41) is 2.88. The van der Waals surface area contributed by atoms with Gasteiger partial charge in [0.05, 0.1) is 0 Å². The van der Waals surface area contributed by atoms with E-state index in [9.17, 15) is 0 Å². The summed E-state index contributed by atoms with van der Waals surface area (Å²) in [6, 6.07) is 6.36. The van der Waals surface area contributed by atoms with Crippen molar-refractivity contribution < 1.29 is 0 Å². The predicted octanol–water partition coefficient (Wildman–Crippen LogP) is 6.01. The van der Waals surface area contributed by atoms with Crippen LogP contribution in [0.4, 0.5) is 0 Å². The largest absolute Gasteiger partial charge is 0.0922 e. The van der Waals surface area contributed by atoms with Gasteiger partial charge >= 0.3 is 0 Å². The van der Waals surface area contributed by atoms with Crippen molar-refractivity contribution in [2.24, 2.45) is 11.3 Å². The molecule has 0 saturated carbocycles. The maximum Gasteiger partial charge on any atom is 0.0440 e. The van der Waals surface area contributed by atoms with Crippen molar-refractivity contribution in [1.29, 1.82) is 0 Å². The molecule has 0 heterocycles. The van der Waals surface area contributed by atoms with Gasteiger partial charge in [-0.15, -0.1) is 0 Å². The molecular weight excluding hydrogens is 375 g/mol. The highest BCUT2D eigenvalue weighted by molar-refractivity contribution is 9.09. The Bertz CT molecular complexity index is 384. The Morgan fingerprint density at radius 1 is 1.22 bits per heavy atom. The van der Waals surface area contributed by atoms with Crippen LogP contribution in [-0.4, -0.2) is 10.7 Å². The van der Waals surface area contributed by atoms with Crippen molar-refractivity contribution in [3.63, 3.8) is 0 Å². The van der Waals surface area contributed by atoms with E-state index in [4.69, 9.17) is 11.6 Å². The van der Waals surface area contributed by atoms with E-state index < -0.39 is 0 Å². The number of benzene rings is 1. The maximum absolute atomic E-state index is 6.36. The molecule has 0 aliphatic carbocycles. The molecule has 0 saturated heterocycles. The van der Waals surface area contributed by atoms with Crippen LogP contribution in [0, 0.1) is 18.3 Å². The lowest BCUT2D eigenvalue weighted by molar-refractivity contribution is 0.304. The topological polar surface area (TPSA) is 0 Å². The lowest BCUT2D eigenvalue weighted by Crippen LogP contribution is -2.29. The minimum absolute atomic E-state index is 0.243. The van der Waals surface area contributed by atoms with Crippen molar-refractivity contribution in [2.75, 3.05) is 10.7 Å². The SMILES string of the molecule is Cc1ccc(CC(CBr)(CBr)CC(C)C)c(Cl)c1. The zero-order valence-corrected chi connectivity index (χ0v) is 15.2. The van der Waals surface area contributed by atoms with E-state index in [1.165, 1.54) is 17.5 Å². The van der Waals surface area contributed by atoms with Gasteiger partial charge in [-0.25, -0.2) is 0 Å². The summed E-state index contributed by atoms with van der Waals surface area (Å²) >= 11 is 13.7. The van der Waals surface area contributed by atoms with Crippen LogP contribution in [0.2, 0.25) is 5.02 Å². The van der Waals surface area contributed by atoms with Crippen molar-refractivity contribution in [1.82, 2.24) is 0 Å². The molecular formula is C15H21Br2Cl. The van der Waals surface area contributed by atoms with Gasteiger partial charge in [0.15, 0.2) is 0 Å². The summed E-state index contributed by atoms with van der Waals surface area (Å²) in [5.74, 6) is 0.685. The Hall–Kier alpha value is 0.470. The molecule has 0 radical (unpaired) electrons. The van der Waals surface area contributed by atoms with Gasteiger partial charge in [0.2, 0.25) is 0 Å². The van der Waals surface area contributed by atoms with Crippen LogP contribution >= 0.6 is 43.5 Å². The monoisotopic (exact) mass is 394 g/mol. The average Bonchev–Trinajstić information content (AvgIpc) is 2.31. The second-order valence-corrected chi connectivity index (χ2v) is 7.17. The fourth-order valence-corrected chi connectivity index (χ4v) is 4.46. The molecule has 0 aliphatic rings. The van der Waals surface area contributed by atoms with Gasteiger partial charge in [0.25, 0.3) is 0 Å². The summed E-state index contributed by atoms with van der Waals surface area (Å²) in [6.07, 6.45) is 2.20. The molecule has 0 bridgehead atoms. The first-order valence-electron chi connectivity index (χ1n) is 6.29. The summed E-state index contributed by atoms with van der Waals surface area (Å²) in [4.78, 5) is 0. The van der Waals surface area contributed by atoms with Crippen LogP contribution in [-0.2, 0) is 6.42 Å². The van der Waals surface area contributed by atoms with Crippen LogP contribution < -0.4 is 0 Å². The minimum atomic E-state index is 0.243. The van der Waals surface area contributed by atoms with Gasteiger partial charge in [0, 0.05) is 15.7 Å². The Morgan fingerprint density at radius 2 is 1.83 bits per heavy atom. The Labute approximate surface area is 133 Å². The van der Waals surface area contributed by atoms with Crippen LogP contribution in [0.1, 0.15) is 31.4 Å². The first-order valence-corrected chi connectivity index (χ1v) is 8.91. The Morgan fingerprint density at radius 3 is 2.28 bits per heavy atom. The van der Waals surface area contributed by atoms with E-state index in [0.717, 1.165) is 22.1 Å². The van der Waals surface area contributed by atoms with E-state index in [2.05, 4.69) is 70.8 Å². The van der Waals surface area contributed by atoms with Crippen LogP contribution in [0.25, 0.3) is 0 Å². The minimum Gasteiger partial charge on any atom is -0.0922 e. The predicted molar refractivity (Wildman–Crippen MR) is 89.4 cm³/mol. The quantitative estimate of drug-likeness (QED) is 0.516. The summed E-state index contributed by atoms with van der Waals surface area (Å²) in [7, 11) is 0. The second kappa shape index (κ2) is 7.31. The van der Waals surface area contributed by atoms with Crippen molar-refractivity contribution in [2.45, 2.75) is 33.6 Å². The number of hydrogen-bond donors (Lipinski definition) is 0. The van der Waals surface area contributed by atoms with E-state index in [0.29, 0.717) is 5.92 Å². The molecule has 1 aromatic rings. The molecule has 0 amide bonds. The first kappa shape index (κ1) is 16.5. The first-order chi connectivity index (χ1) is 8.42. The van der Waals surface area contributed by atoms with E-state index in [1.807, 2.05) is 0 Å². The third kappa shape index (κ3) is 4.54. The molecule has 0 nitrogen and oxygen atoms in total. The standard InChI is InChI=1S/C15H21Br2Cl/c1-11(2)7-15(9-16,10-17)8-13-5-4-12(3)6-14(13)18/h4-6,11H,7-10H2,1-3H3. The van der Waals surface area contributed by atoms with E-state index in [-0.39, 0.29) is 5.41 Å². The lowest BCUT2D eigenvalue weighted by atomic mass is 9.78. The highest BCUT2D eigenvalue weighted by atomic mass is 79.9. The molecule has 0 N–H and O–H groups in total. The van der Waals surface area contributed by atoms with Gasteiger partial charge in [0.1, 0.15) is 0 Å². The second-order valence-electron chi connectivity index (χ2n) is 5.64. The van der Waals surface area contributed by atoms with Crippen molar-refractivity contribution >= 4 is 43.5 Å². The van der Waals surface area contributed by atoms with Crippen LogP contribution in [0.15, 0.2) is 18.2 Å². The third-order valence-electron chi connectivity index (χ3n) is 3.18. The van der Waals surface area contributed by atoms with Crippen molar-refractivity contribution in [3.8, 4) is 0 Å². The number of alkyl halides is 2. The zero-order chi connectivity index (χ0) is 13.8. The summed E-state index contributed by atoms with van der Waals surface area (Å²) in [5.41, 5.74) is 2.71. The maximum atomic E-state index is 6.36. The molecule has 0 fully saturated rings. The zero-order valence-electron chi connectivity index (χ0n) is 11.3. The molecule has 102 valence electrons. The molecule has 0 aromatic heterocycles. The molecule has 0 spiro atoms.